The molecule has 2 rings (SSSR count). The number of benzene rings is 2. The van der Waals surface area contributed by atoms with Gasteiger partial charge in [-0.3, -0.25) is 14.9 Å². The third kappa shape index (κ3) is 5.00. The van der Waals surface area contributed by atoms with Gasteiger partial charge in [0, 0.05) is 23.6 Å². The van der Waals surface area contributed by atoms with Crippen LogP contribution in [0.2, 0.25) is 0 Å². The first kappa shape index (κ1) is 16.8. The Balaban J connectivity index is 1.88. The van der Waals surface area contributed by atoms with Crippen molar-refractivity contribution in [2.24, 2.45) is 0 Å². The van der Waals surface area contributed by atoms with Crippen molar-refractivity contribution in [1.82, 2.24) is 5.32 Å². The molecule has 23 heavy (non-hydrogen) atoms. The number of carbonyl (C=O) groups excluding carboxylic acids is 1. The second-order valence-electron chi connectivity index (χ2n) is 4.93. The van der Waals surface area contributed by atoms with Crippen molar-refractivity contribution >= 4 is 23.4 Å². The predicted octanol–water partition coefficient (Wildman–Crippen LogP) is 2.39. The molecule has 6 nitrogen and oxygen atoms in total. The summed E-state index contributed by atoms with van der Waals surface area (Å²) in [5.74, 6) is -0.352. The molecule has 0 fully saturated rings. The molecule has 0 atom stereocenters. The lowest BCUT2D eigenvalue weighted by molar-refractivity contribution is -0.385. The molecule has 0 aliphatic carbocycles. The van der Waals surface area contributed by atoms with Gasteiger partial charge in [-0.1, -0.05) is 23.8 Å². The van der Waals surface area contributed by atoms with Gasteiger partial charge in [-0.2, -0.15) is 0 Å². The molecule has 2 aromatic carbocycles. The summed E-state index contributed by atoms with van der Waals surface area (Å²) in [4.78, 5) is 22.9. The highest BCUT2D eigenvalue weighted by Gasteiger charge is 2.08. The number of hydrogen-bond donors (Lipinski definition) is 1. The Morgan fingerprint density at radius 1 is 1.22 bits per heavy atom. The van der Waals surface area contributed by atoms with Gasteiger partial charge in [0.2, 0.25) is 5.91 Å². The molecule has 0 aromatic heterocycles. The standard InChI is InChI=1S/C16H16N2O4S/c1-11-2-5-14(6-3-11)23-10-16(20)17-9-12-8-13(18(21)22)4-7-15(12)19/h2-8,19H,9-10H2,1H3,(H,17,20)/p-1. The number of nitro benzene ring substituents is 1. The van der Waals surface area contributed by atoms with E-state index in [1.165, 1.54) is 17.8 Å². The van der Waals surface area contributed by atoms with Crippen LogP contribution in [0.3, 0.4) is 0 Å². The van der Waals surface area contributed by atoms with Crippen molar-refractivity contribution in [2.75, 3.05) is 5.75 Å². The second kappa shape index (κ2) is 7.64. The van der Waals surface area contributed by atoms with Gasteiger partial charge in [-0.05, 0) is 24.6 Å². The fourth-order valence-corrected chi connectivity index (χ4v) is 2.57. The molecule has 1 amide bonds. The van der Waals surface area contributed by atoms with Crippen LogP contribution in [0.1, 0.15) is 11.1 Å². The number of amides is 1. The summed E-state index contributed by atoms with van der Waals surface area (Å²) in [7, 11) is 0. The summed E-state index contributed by atoms with van der Waals surface area (Å²) in [6.45, 7) is 1.97. The molecule has 0 aliphatic heterocycles. The fourth-order valence-electron chi connectivity index (χ4n) is 1.85. The third-order valence-electron chi connectivity index (χ3n) is 3.12. The molecule has 0 radical (unpaired) electrons. The van der Waals surface area contributed by atoms with Crippen LogP contribution in [-0.2, 0) is 11.3 Å². The molecule has 0 aliphatic rings. The molecule has 7 heteroatoms. The maximum atomic E-state index is 11.8. The topological polar surface area (TPSA) is 95.3 Å². The van der Waals surface area contributed by atoms with Gasteiger partial charge in [0.05, 0.1) is 10.7 Å². The van der Waals surface area contributed by atoms with Crippen LogP contribution in [0, 0.1) is 17.0 Å². The molecule has 0 bridgehead atoms. The smallest absolute Gasteiger partial charge is 0.269 e. The average Bonchev–Trinajstić information content (AvgIpc) is 2.53. The zero-order chi connectivity index (χ0) is 16.8. The van der Waals surface area contributed by atoms with E-state index in [1.807, 2.05) is 31.2 Å². The first-order chi connectivity index (χ1) is 11.0. The molecule has 2 aromatic rings. The highest BCUT2D eigenvalue weighted by atomic mass is 32.2. The first-order valence-electron chi connectivity index (χ1n) is 6.86. The van der Waals surface area contributed by atoms with Gasteiger partial charge in [-0.15, -0.1) is 17.5 Å². The third-order valence-corrected chi connectivity index (χ3v) is 4.13. The number of carbonyl (C=O) groups is 1. The quantitative estimate of drug-likeness (QED) is 0.498. The van der Waals surface area contributed by atoms with Crippen molar-refractivity contribution < 1.29 is 14.8 Å². The maximum absolute atomic E-state index is 11.8. The van der Waals surface area contributed by atoms with E-state index in [1.54, 1.807) is 0 Å². The summed E-state index contributed by atoms with van der Waals surface area (Å²) < 4.78 is 0. The Labute approximate surface area is 137 Å². The van der Waals surface area contributed by atoms with Gasteiger partial charge >= 0.3 is 0 Å². The van der Waals surface area contributed by atoms with Gasteiger partial charge in [0.1, 0.15) is 0 Å². The van der Waals surface area contributed by atoms with Crippen molar-refractivity contribution in [1.29, 1.82) is 0 Å². The van der Waals surface area contributed by atoms with Crippen LogP contribution < -0.4 is 10.4 Å². The molecule has 0 heterocycles. The fraction of sp³-hybridized carbons (Fsp3) is 0.188. The molecular weight excluding hydrogens is 316 g/mol. The minimum atomic E-state index is -0.571. The zero-order valence-electron chi connectivity index (χ0n) is 12.4. The van der Waals surface area contributed by atoms with Gasteiger partial charge in [0.15, 0.2) is 0 Å². The second-order valence-corrected chi connectivity index (χ2v) is 5.98. The average molecular weight is 331 g/mol. The van der Waals surface area contributed by atoms with E-state index in [2.05, 4.69) is 5.32 Å². The summed E-state index contributed by atoms with van der Waals surface area (Å²) in [5.41, 5.74) is 1.18. The van der Waals surface area contributed by atoms with Crippen LogP contribution >= 0.6 is 11.8 Å². The zero-order valence-corrected chi connectivity index (χ0v) is 13.3. The van der Waals surface area contributed by atoms with E-state index < -0.39 is 4.92 Å². The van der Waals surface area contributed by atoms with Crippen LogP contribution in [0.5, 0.6) is 5.75 Å². The Bertz CT molecular complexity index is 717. The van der Waals surface area contributed by atoms with E-state index in [-0.39, 0.29) is 35.2 Å². The van der Waals surface area contributed by atoms with Gasteiger partial charge in [-0.25, -0.2) is 0 Å². The summed E-state index contributed by atoms with van der Waals surface area (Å²) in [5, 5.41) is 24.9. The Hall–Kier alpha value is -2.54. The van der Waals surface area contributed by atoms with Crippen LogP contribution in [0.4, 0.5) is 5.69 Å². The van der Waals surface area contributed by atoms with Gasteiger partial charge in [0.25, 0.3) is 5.69 Å². The number of nitrogens with zero attached hydrogens (tertiary/aromatic N) is 1. The number of non-ortho nitro benzene ring substituents is 1. The van der Waals surface area contributed by atoms with Crippen molar-refractivity contribution in [3.63, 3.8) is 0 Å². The molecule has 0 saturated carbocycles. The van der Waals surface area contributed by atoms with Crippen LogP contribution in [0.25, 0.3) is 0 Å². The lowest BCUT2D eigenvalue weighted by Crippen LogP contribution is -2.25. The summed E-state index contributed by atoms with van der Waals surface area (Å²) in [6.07, 6.45) is 0. The summed E-state index contributed by atoms with van der Waals surface area (Å²) in [6, 6.07) is 11.3. The number of rotatable bonds is 6. The minimum absolute atomic E-state index is 0.0200. The molecule has 0 saturated heterocycles. The SMILES string of the molecule is Cc1ccc(SCC(=O)NCc2cc([N+](=O)[O-])ccc2[O-])cc1. The Morgan fingerprint density at radius 3 is 2.57 bits per heavy atom. The largest absolute Gasteiger partial charge is 0.872 e. The summed E-state index contributed by atoms with van der Waals surface area (Å²) >= 11 is 1.39. The number of aryl methyl sites for hydroxylation is 1. The Morgan fingerprint density at radius 2 is 1.91 bits per heavy atom. The molecule has 1 N–H and O–H groups in total. The monoisotopic (exact) mass is 331 g/mol. The van der Waals surface area contributed by atoms with Crippen molar-refractivity contribution in [3.8, 4) is 5.75 Å². The number of hydrogen-bond acceptors (Lipinski definition) is 5. The normalized spacial score (nSPS) is 10.3. The van der Waals surface area contributed by atoms with E-state index in [4.69, 9.17) is 0 Å². The van der Waals surface area contributed by atoms with Gasteiger partial charge < -0.3 is 10.4 Å². The van der Waals surface area contributed by atoms with Crippen LogP contribution in [-0.4, -0.2) is 16.6 Å². The highest BCUT2D eigenvalue weighted by molar-refractivity contribution is 8.00. The lowest BCUT2D eigenvalue weighted by Gasteiger charge is -2.13. The predicted molar refractivity (Wildman–Crippen MR) is 86.3 cm³/mol. The molecule has 120 valence electrons. The number of thioether (sulfide) groups is 1. The van der Waals surface area contributed by atoms with Crippen molar-refractivity contribution in [2.45, 2.75) is 18.4 Å². The van der Waals surface area contributed by atoms with E-state index >= 15 is 0 Å². The minimum Gasteiger partial charge on any atom is -0.872 e. The van der Waals surface area contributed by atoms with Crippen molar-refractivity contribution in [3.05, 3.63) is 63.7 Å². The molecule has 0 spiro atoms. The lowest BCUT2D eigenvalue weighted by atomic mass is 10.2. The highest BCUT2D eigenvalue weighted by Crippen LogP contribution is 2.21. The first-order valence-corrected chi connectivity index (χ1v) is 7.85. The number of nitrogens with one attached hydrogen (secondary N) is 1. The van der Waals surface area contributed by atoms with E-state index in [9.17, 15) is 20.0 Å². The Kier molecular flexibility index (Phi) is 5.59. The number of nitro groups is 1. The maximum Gasteiger partial charge on any atom is 0.269 e. The molecule has 0 unspecified atom stereocenters. The van der Waals surface area contributed by atoms with E-state index in [0.29, 0.717) is 0 Å². The van der Waals surface area contributed by atoms with E-state index in [0.717, 1.165) is 22.6 Å². The van der Waals surface area contributed by atoms with Crippen LogP contribution in [0.15, 0.2) is 47.4 Å². The molecular formula is C16H15N2O4S-.